The third kappa shape index (κ3) is 3.13. The van der Waals surface area contributed by atoms with Crippen LogP contribution in [0.2, 0.25) is 0 Å². The number of nitrogens with one attached hydrogen (secondary N) is 2. The molecule has 116 valence electrons. The highest BCUT2D eigenvalue weighted by Crippen LogP contribution is 2.39. The highest BCUT2D eigenvalue weighted by molar-refractivity contribution is 6.05. The van der Waals surface area contributed by atoms with E-state index >= 15 is 0 Å². The van der Waals surface area contributed by atoms with Crippen LogP contribution in [0, 0.1) is 5.92 Å². The number of carbonyl (C=O) groups excluding carboxylic acids is 1. The molecule has 1 aromatic rings. The van der Waals surface area contributed by atoms with E-state index in [4.69, 9.17) is 0 Å². The van der Waals surface area contributed by atoms with Crippen LogP contribution in [-0.4, -0.2) is 12.5 Å². The van der Waals surface area contributed by atoms with Crippen molar-refractivity contribution in [3.05, 3.63) is 29.3 Å². The first-order chi connectivity index (χ1) is 9.90. The lowest BCUT2D eigenvalue weighted by Crippen LogP contribution is -2.27. The molecular weight excluding hydrogens is 260 g/mol. The molecule has 0 radical (unpaired) electrons. The van der Waals surface area contributed by atoms with Crippen LogP contribution in [0.4, 0.5) is 5.69 Å². The van der Waals surface area contributed by atoms with Gasteiger partial charge in [0.15, 0.2) is 0 Å². The maximum absolute atomic E-state index is 12.1. The molecule has 0 aromatic heterocycles. The Morgan fingerprint density at radius 3 is 2.62 bits per heavy atom. The maximum atomic E-state index is 12.1. The van der Waals surface area contributed by atoms with Gasteiger partial charge in [-0.3, -0.25) is 4.79 Å². The molecule has 0 saturated carbocycles. The molecule has 0 bridgehead atoms. The number of hydrogen-bond donors (Lipinski definition) is 2. The number of amides is 1. The molecule has 3 nitrogen and oxygen atoms in total. The summed E-state index contributed by atoms with van der Waals surface area (Å²) in [6, 6.07) is 6.78. The van der Waals surface area contributed by atoms with E-state index in [1.54, 1.807) is 0 Å². The summed E-state index contributed by atoms with van der Waals surface area (Å²) >= 11 is 0. The molecule has 1 aromatic carbocycles. The summed E-state index contributed by atoms with van der Waals surface area (Å²) in [6.45, 7) is 11.6. The number of hydrogen-bond acceptors (Lipinski definition) is 2. The molecule has 1 aliphatic heterocycles. The van der Waals surface area contributed by atoms with Gasteiger partial charge >= 0.3 is 0 Å². The summed E-state index contributed by atoms with van der Waals surface area (Å²) < 4.78 is 0. The van der Waals surface area contributed by atoms with Crippen LogP contribution in [-0.2, 0) is 10.2 Å². The quantitative estimate of drug-likeness (QED) is 0.830. The normalized spacial score (nSPS) is 19.0. The Bertz CT molecular complexity index is 522. The predicted molar refractivity (Wildman–Crippen MR) is 88.6 cm³/mol. The van der Waals surface area contributed by atoms with E-state index in [0.717, 1.165) is 24.2 Å². The monoisotopic (exact) mass is 288 g/mol. The van der Waals surface area contributed by atoms with Gasteiger partial charge in [0, 0.05) is 11.7 Å². The molecule has 21 heavy (non-hydrogen) atoms. The smallest absolute Gasteiger partial charge is 0.234 e. The van der Waals surface area contributed by atoms with E-state index in [-0.39, 0.29) is 5.91 Å². The first kappa shape index (κ1) is 16.0. The largest absolute Gasteiger partial charge is 0.325 e. The van der Waals surface area contributed by atoms with E-state index in [9.17, 15) is 4.79 Å². The molecule has 0 aliphatic carbocycles. The number of rotatable bonds is 6. The minimum Gasteiger partial charge on any atom is -0.325 e. The zero-order valence-corrected chi connectivity index (χ0v) is 13.9. The van der Waals surface area contributed by atoms with Gasteiger partial charge in [0.2, 0.25) is 5.91 Å². The molecule has 1 aliphatic rings. The zero-order chi connectivity index (χ0) is 15.6. The second-order valence-electron chi connectivity index (χ2n) is 6.74. The first-order valence-corrected chi connectivity index (χ1v) is 8.09. The van der Waals surface area contributed by atoms with Crippen molar-refractivity contribution >= 4 is 11.6 Å². The Morgan fingerprint density at radius 2 is 2.00 bits per heavy atom. The lowest BCUT2D eigenvalue weighted by molar-refractivity contribution is -0.119. The molecule has 2 rings (SSSR count). The summed E-state index contributed by atoms with van der Waals surface area (Å²) in [6.07, 6.45) is 2.32. The second-order valence-corrected chi connectivity index (χ2v) is 6.74. The minimum absolute atomic E-state index is 0.0941. The molecule has 2 atom stereocenters. The molecule has 0 saturated heterocycles. The zero-order valence-electron chi connectivity index (χ0n) is 13.9. The van der Waals surface area contributed by atoms with Gasteiger partial charge in [-0.15, -0.1) is 0 Å². The molecule has 0 fully saturated rings. The van der Waals surface area contributed by atoms with Gasteiger partial charge in [-0.1, -0.05) is 39.3 Å². The number of fused-ring (bicyclic) bond motifs is 1. The highest BCUT2D eigenvalue weighted by Gasteiger charge is 2.38. The minimum atomic E-state index is -0.432. The van der Waals surface area contributed by atoms with Crippen LogP contribution < -0.4 is 10.6 Å². The van der Waals surface area contributed by atoms with Gasteiger partial charge in [0.1, 0.15) is 0 Å². The molecular formula is C18H28N2O. The molecule has 2 unspecified atom stereocenters. The van der Waals surface area contributed by atoms with Crippen molar-refractivity contribution in [2.75, 3.05) is 11.9 Å². The highest BCUT2D eigenvalue weighted by atomic mass is 16.2. The molecule has 1 heterocycles. The number of benzene rings is 1. The summed E-state index contributed by atoms with van der Waals surface area (Å²) in [5, 5.41) is 6.57. The van der Waals surface area contributed by atoms with E-state index in [1.807, 2.05) is 13.8 Å². The van der Waals surface area contributed by atoms with Gasteiger partial charge < -0.3 is 10.6 Å². The number of carbonyl (C=O) groups is 1. The Labute approximate surface area is 128 Å². The predicted octanol–water partition coefficient (Wildman–Crippen LogP) is 4.00. The molecule has 3 heteroatoms. The third-order valence-corrected chi connectivity index (χ3v) is 4.72. The van der Waals surface area contributed by atoms with Gasteiger partial charge in [-0.2, -0.15) is 0 Å². The van der Waals surface area contributed by atoms with Crippen molar-refractivity contribution in [1.82, 2.24) is 5.32 Å². The summed E-state index contributed by atoms with van der Waals surface area (Å²) in [5.41, 5.74) is 2.95. The van der Waals surface area contributed by atoms with Crippen molar-refractivity contribution in [2.24, 2.45) is 5.92 Å². The van der Waals surface area contributed by atoms with Crippen molar-refractivity contribution in [3.63, 3.8) is 0 Å². The fourth-order valence-electron chi connectivity index (χ4n) is 2.96. The number of anilines is 1. The lowest BCUT2D eigenvalue weighted by atomic mass is 9.84. The van der Waals surface area contributed by atoms with Crippen molar-refractivity contribution < 1.29 is 4.79 Å². The van der Waals surface area contributed by atoms with E-state index in [0.29, 0.717) is 12.0 Å². The van der Waals surface area contributed by atoms with Gasteiger partial charge in [-0.25, -0.2) is 0 Å². The Balaban J connectivity index is 2.31. The van der Waals surface area contributed by atoms with Crippen LogP contribution in [0.15, 0.2) is 18.2 Å². The Morgan fingerprint density at radius 1 is 1.29 bits per heavy atom. The van der Waals surface area contributed by atoms with Gasteiger partial charge in [0.25, 0.3) is 0 Å². The van der Waals surface area contributed by atoms with Crippen LogP contribution >= 0.6 is 0 Å². The molecule has 0 spiro atoms. The van der Waals surface area contributed by atoms with E-state index in [1.165, 1.54) is 12.0 Å². The fraction of sp³-hybridized carbons (Fsp3) is 0.611. The third-order valence-electron chi connectivity index (χ3n) is 4.72. The topological polar surface area (TPSA) is 41.1 Å². The molecule has 1 amide bonds. The Hall–Kier alpha value is -1.35. The van der Waals surface area contributed by atoms with Crippen molar-refractivity contribution in [3.8, 4) is 0 Å². The van der Waals surface area contributed by atoms with Crippen LogP contribution in [0.25, 0.3) is 0 Å². The standard InChI is InChI=1S/C18H28N2O/c1-6-12(3)10-16(19-7-2)13-8-9-15-14(11-13)18(4,5)17(21)20-15/h8-9,11-12,16,19H,6-7,10H2,1-5H3,(H,20,21). The van der Waals surface area contributed by atoms with Gasteiger partial charge in [-0.05, 0) is 49.9 Å². The fourth-order valence-corrected chi connectivity index (χ4v) is 2.96. The SMILES string of the molecule is CCNC(CC(C)CC)c1ccc2c(c1)C(C)(C)C(=O)N2. The summed E-state index contributed by atoms with van der Waals surface area (Å²) in [7, 11) is 0. The Kier molecular flexibility index (Phi) is 4.72. The van der Waals surface area contributed by atoms with Crippen molar-refractivity contribution in [1.29, 1.82) is 0 Å². The first-order valence-electron chi connectivity index (χ1n) is 8.09. The summed E-state index contributed by atoms with van der Waals surface area (Å²) in [5.74, 6) is 0.784. The maximum Gasteiger partial charge on any atom is 0.234 e. The van der Waals surface area contributed by atoms with Crippen molar-refractivity contribution in [2.45, 2.75) is 58.9 Å². The van der Waals surface area contributed by atoms with Crippen LogP contribution in [0.1, 0.15) is 64.6 Å². The van der Waals surface area contributed by atoms with Gasteiger partial charge in [0.05, 0.1) is 5.41 Å². The average molecular weight is 288 g/mol. The van der Waals surface area contributed by atoms with Crippen LogP contribution in [0.3, 0.4) is 0 Å². The van der Waals surface area contributed by atoms with E-state index < -0.39 is 5.41 Å². The molecule has 2 N–H and O–H groups in total. The average Bonchev–Trinajstić information content (AvgIpc) is 2.68. The van der Waals surface area contributed by atoms with Crippen LogP contribution in [0.5, 0.6) is 0 Å². The summed E-state index contributed by atoms with van der Waals surface area (Å²) in [4.78, 5) is 12.1. The lowest BCUT2D eigenvalue weighted by Gasteiger charge is -2.23. The second kappa shape index (κ2) is 6.18. The van der Waals surface area contributed by atoms with E-state index in [2.05, 4.69) is 49.6 Å².